The lowest BCUT2D eigenvalue weighted by Gasteiger charge is -2.26. The Morgan fingerprint density at radius 1 is 1.17 bits per heavy atom. The predicted molar refractivity (Wildman–Crippen MR) is 117 cm³/mol. The highest BCUT2D eigenvalue weighted by Gasteiger charge is 2.23. The molecule has 0 radical (unpaired) electrons. The van der Waals surface area contributed by atoms with Crippen LogP contribution >= 0.6 is 23.2 Å². The molecule has 0 atom stereocenters. The quantitative estimate of drug-likeness (QED) is 0.570. The molecule has 0 fully saturated rings. The van der Waals surface area contributed by atoms with Gasteiger partial charge in [-0.15, -0.1) is 0 Å². The number of para-hydroxylation sites is 1. The Labute approximate surface area is 179 Å². The largest absolute Gasteiger partial charge is 0.455 e. The van der Waals surface area contributed by atoms with Gasteiger partial charge in [-0.05, 0) is 42.7 Å². The summed E-state index contributed by atoms with van der Waals surface area (Å²) >= 11 is 12.3. The molecule has 3 aromatic rings. The number of rotatable bonds is 4. The van der Waals surface area contributed by atoms with Crippen LogP contribution in [-0.2, 0) is 6.42 Å². The molecule has 0 saturated heterocycles. The zero-order valence-corrected chi connectivity index (χ0v) is 17.3. The number of nitrogens with one attached hydrogen (secondary N) is 1. The number of anilines is 2. The summed E-state index contributed by atoms with van der Waals surface area (Å²) in [4.78, 5) is 19.0. The van der Waals surface area contributed by atoms with Crippen LogP contribution < -0.4 is 15.0 Å². The van der Waals surface area contributed by atoms with Gasteiger partial charge in [-0.2, -0.15) is 0 Å². The Balaban J connectivity index is 1.67. The smallest absolute Gasteiger partial charge is 0.263 e. The molecule has 4 rings (SSSR count). The number of carbonyl (C=O) groups excluding carboxylic acids is 1. The fourth-order valence-corrected chi connectivity index (χ4v) is 3.68. The summed E-state index contributed by atoms with van der Waals surface area (Å²) in [7, 11) is 1.75. The maximum Gasteiger partial charge on any atom is 0.263 e. The molecular formula is C22H19Cl2N3O2. The molecule has 1 N–H and O–H groups in total. The van der Waals surface area contributed by atoms with Gasteiger partial charge in [0.05, 0.1) is 16.4 Å². The zero-order valence-electron chi connectivity index (χ0n) is 15.8. The van der Waals surface area contributed by atoms with Crippen molar-refractivity contribution in [2.75, 3.05) is 23.8 Å². The second-order valence-electron chi connectivity index (χ2n) is 6.75. The van der Waals surface area contributed by atoms with E-state index in [-0.39, 0.29) is 5.91 Å². The molecule has 5 nitrogen and oxygen atoms in total. The third kappa shape index (κ3) is 4.02. The highest BCUT2D eigenvalue weighted by atomic mass is 35.5. The van der Waals surface area contributed by atoms with Crippen LogP contribution in [0.15, 0.2) is 54.9 Å². The minimum Gasteiger partial charge on any atom is -0.455 e. The molecule has 1 aliphatic heterocycles. The lowest BCUT2D eigenvalue weighted by atomic mass is 10.0. The van der Waals surface area contributed by atoms with E-state index in [2.05, 4.69) is 16.4 Å². The first kappa shape index (κ1) is 19.6. The fourth-order valence-electron chi connectivity index (χ4n) is 3.37. The van der Waals surface area contributed by atoms with Crippen LogP contribution in [0.4, 0.5) is 11.4 Å². The minimum absolute atomic E-state index is 0.230. The summed E-state index contributed by atoms with van der Waals surface area (Å²) in [5.74, 6) is 0.506. The number of aromatic nitrogens is 1. The third-order valence-corrected chi connectivity index (χ3v) is 5.39. The van der Waals surface area contributed by atoms with Gasteiger partial charge in [0, 0.05) is 37.1 Å². The number of fused-ring (bicyclic) bond motifs is 1. The molecule has 1 aliphatic rings. The summed E-state index contributed by atoms with van der Waals surface area (Å²) in [6.07, 6.45) is 5.13. The Kier molecular flexibility index (Phi) is 5.60. The van der Waals surface area contributed by atoms with Crippen LogP contribution in [0, 0.1) is 0 Å². The number of aryl methyl sites for hydroxylation is 1. The molecule has 0 spiro atoms. The van der Waals surface area contributed by atoms with Crippen molar-refractivity contribution in [1.29, 1.82) is 0 Å². The molecule has 2 heterocycles. The number of hydrogen-bond donors (Lipinski definition) is 1. The summed E-state index contributed by atoms with van der Waals surface area (Å²) in [6, 6.07) is 12.6. The second kappa shape index (κ2) is 8.31. The van der Waals surface area contributed by atoms with Gasteiger partial charge in [-0.3, -0.25) is 9.78 Å². The van der Waals surface area contributed by atoms with Gasteiger partial charge in [-0.1, -0.05) is 35.3 Å². The van der Waals surface area contributed by atoms with Gasteiger partial charge in [-0.25, -0.2) is 0 Å². The van der Waals surface area contributed by atoms with Crippen LogP contribution in [0.1, 0.15) is 22.3 Å². The van der Waals surface area contributed by atoms with E-state index in [4.69, 9.17) is 27.9 Å². The van der Waals surface area contributed by atoms with E-state index in [1.54, 1.807) is 42.4 Å². The lowest BCUT2D eigenvalue weighted by Crippen LogP contribution is -2.28. The van der Waals surface area contributed by atoms with Crippen molar-refractivity contribution in [3.8, 4) is 11.5 Å². The topological polar surface area (TPSA) is 54.5 Å². The first-order valence-corrected chi connectivity index (χ1v) is 10.0. The van der Waals surface area contributed by atoms with Crippen molar-refractivity contribution in [3.05, 3.63) is 76.0 Å². The van der Waals surface area contributed by atoms with E-state index in [9.17, 15) is 4.79 Å². The van der Waals surface area contributed by atoms with Gasteiger partial charge in [0.2, 0.25) is 0 Å². The first-order chi connectivity index (χ1) is 14.0. The molecule has 1 aromatic heterocycles. The number of pyridine rings is 1. The number of benzene rings is 2. The summed E-state index contributed by atoms with van der Waals surface area (Å²) in [6.45, 7) is 0.889. The molecule has 1 amide bonds. The van der Waals surface area contributed by atoms with Crippen LogP contribution in [0.3, 0.4) is 0 Å². The second-order valence-corrected chi connectivity index (χ2v) is 7.60. The lowest BCUT2D eigenvalue weighted by molar-refractivity contribution is 0.0990. The van der Waals surface area contributed by atoms with Crippen molar-refractivity contribution < 1.29 is 9.53 Å². The Hall–Kier alpha value is -2.76. The molecule has 0 unspecified atom stereocenters. The molecule has 0 aliphatic carbocycles. The average Bonchev–Trinajstić information content (AvgIpc) is 2.75. The van der Waals surface area contributed by atoms with Gasteiger partial charge in [0.25, 0.3) is 5.91 Å². The van der Waals surface area contributed by atoms with E-state index in [0.717, 1.165) is 30.8 Å². The predicted octanol–water partition coefficient (Wildman–Crippen LogP) is 5.82. The molecule has 0 saturated carbocycles. The van der Waals surface area contributed by atoms with Gasteiger partial charge < -0.3 is 15.0 Å². The van der Waals surface area contributed by atoms with E-state index in [1.807, 2.05) is 12.1 Å². The number of halogens is 2. The number of hydrogen-bond acceptors (Lipinski definition) is 4. The SMILES string of the molecule is CN(C(=O)c1cnccc1Oc1cc(Cl)ccc1Cl)c1cccc2c1NCCC2. The van der Waals surface area contributed by atoms with Crippen molar-refractivity contribution in [2.24, 2.45) is 0 Å². The maximum absolute atomic E-state index is 13.3. The molecule has 148 valence electrons. The Morgan fingerprint density at radius 3 is 2.90 bits per heavy atom. The summed E-state index contributed by atoms with van der Waals surface area (Å²) in [5.41, 5.74) is 3.36. The normalized spacial score (nSPS) is 12.7. The molecule has 7 heteroatoms. The van der Waals surface area contributed by atoms with Crippen LogP contribution in [0.2, 0.25) is 10.0 Å². The first-order valence-electron chi connectivity index (χ1n) is 9.25. The van der Waals surface area contributed by atoms with Crippen LogP contribution in [0.25, 0.3) is 0 Å². The van der Waals surface area contributed by atoms with Gasteiger partial charge in [0.15, 0.2) is 0 Å². The Bertz CT molecular complexity index is 1070. The standard InChI is InChI=1S/C22H19Cl2N3O2/c1-27(18-6-2-4-14-5-3-10-26-21(14)18)22(28)16-13-25-11-9-19(16)29-20-12-15(23)7-8-17(20)24/h2,4,6-9,11-13,26H,3,5,10H2,1H3. The van der Waals surface area contributed by atoms with E-state index in [1.165, 1.54) is 11.8 Å². The Morgan fingerprint density at radius 2 is 2.03 bits per heavy atom. The van der Waals surface area contributed by atoms with Crippen LogP contribution in [-0.4, -0.2) is 24.5 Å². The molecule has 2 aromatic carbocycles. The van der Waals surface area contributed by atoms with E-state index >= 15 is 0 Å². The third-order valence-electron chi connectivity index (χ3n) is 4.84. The minimum atomic E-state index is -0.230. The van der Waals surface area contributed by atoms with Gasteiger partial charge in [0.1, 0.15) is 17.1 Å². The van der Waals surface area contributed by atoms with Gasteiger partial charge >= 0.3 is 0 Å². The van der Waals surface area contributed by atoms with E-state index in [0.29, 0.717) is 27.1 Å². The molecular weight excluding hydrogens is 409 g/mol. The van der Waals surface area contributed by atoms with Crippen molar-refractivity contribution in [3.63, 3.8) is 0 Å². The highest BCUT2D eigenvalue weighted by molar-refractivity contribution is 6.34. The van der Waals surface area contributed by atoms with Crippen LogP contribution in [0.5, 0.6) is 11.5 Å². The number of ether oxygens (including phenoxy) is 1. The average molecular weight is 428 g/mol. The molecule has 0 bridgehead atoms. The monoisotopic (exact) mass is 427 g/mol. The van der Waals surface area contributed by atoms with E-state index < -0.39 is 0 Å². The highest BCUT2D eigenvalue weighted by Crippen LogP contribution is 2.36. The fraction of sp³-hybridized carbons (Fsp3) is 0.182. The van der Waals surface area contributed by atoms with Crippen molar-refractivity contribution in [1.82, 2.24) is 4.98 Å². The summed E-state index contributed by atoms with van der Waals surface area (Å²) in [5, 5.41) is 4.31. The number of carbonyl (C=O) groups is 1. The maximum atomic E-state index is 13.3. The summed E-state index contributed by atoms with van der Waals surface area (Å²) < 4.78 is 5.92. The zero-order chi connectivity index (χ0) is 20.4. The number of nitrogens with zero attached hydrogens (tertiary/aromatic N) is 2. The molecule has 29 heavy (non-hydrogen) atoms. The van der Waals surface area contributed by atoms with Crippen molar-refractivity contribution >= 4 is 40.5 Å². The number of amides is 1. The van der Waals surface area contributed by atoms with Crippen molar-refractivity contribution in [2.45, 2.75) is 12.8 Å².